The van der Waals surface area contributed by atoms with Crippen LogP contribution in [0.3, 0.4) is 0 Å². The molecule has 7 heteroatoms. The van der Waals surface area contributed by atoms with Crippen molar-refractivity contribution < 1.29 is 8.42 Å². The Hall–Kier alpha value is -0.920. The van der Waals surface area contributed by atoms with E-state index < -0.39 is 10.0 Å². The Balaban J connectivity index is 3.22. The van der Waals surface area contributed by atoms with Gasteiger partial charge in [-0.25, -0.2) is 8.42 Å². The highest BCUT2D eigenvalue weighted by molar-refractivity contribution is 7.89. The number of nitrogens with zero attached hydrogens (tertiary/aromatic N) is 1. The summed E-state index contributed by atoms with van der Waals surface area (Å²) in [6.45, 7) is 1.59. The van der Waals surface area contributed by atoms with Crippen molar-refractivity contribution in [2.75, 3.05) is 0 Å². The van der Waals surface area contributed by atoms with Crippen LogP contribution < -0.4 is 10.7 Å². The van der Waals surface area contributed by atoms with Crippen molar-refractivity contribution in [3.05, 3.63) is 11.9 Å². The maximum Gasteiger partial charge on any atom is 0.256 e. The summed E-state index contributed by atoms with van der Waals surface area (Å²) >= 11 is 0. The minimum atomic E-state index is -3.55. The van der Waals surface area contributed by atoms with Crippen LogP contribution in [0.1, 0.15) is 5.69 Å². The molecule has 62 valence electrons. The Kier molecular flexibility index (Phi) is 1.94. The van der Waals surface area contributed by atoms with E-state index in [0.717, 1.165) is 0 Å². The molecule has 0 fully saturated rings. The zero-order valence-corrected chi connectivity index (χ0v) is 6.64. The van der Waals surface area contributed by atoms with Crippen molar-refractivity contribution in [3.8, 4) is 0 Å². The first kappa shape index (κ1) is 8.18. The standard InChI is InChI=1S/C4H8N4O2S/c1-3-4(2-6-7-3)11(9,10)8-5/h2,8H,5H2,1H3,(H,6,7). The first-order valence-electron chi connectivity index (χ1n) is 2.80. The van der Waals surface area contributed by atoms with Gasteiger partial charge in [-0.2, -0.15) is 5.10 Å². The fourth-order valence-corrected chi connectivity index (χ4v) is 1.44. The smallest absolute Gasteiger partial charge is 0.256 e. The van der Waals surface area contributed by atoms with Crippen LogP contribution in [0.15, 0.2) is 11.1 Å². The van der Waals surface area contributed by atoms with Gasteiger partial charge < -0.3 is 0 Å². The van der Waals surface area contributed by atoms with E-state index >= 15 is 0 Å². The summed E-state index contributed by atoms with van der Waals surface area (Å²) in [5, 5.41) is 6.02. The van der Waals surface area contributed by atoms with E-state index in [4.69, 9.17) is 5.84 Å². The molecule has 11 heavy (non-hydrogen) atoms. The summed E-state index contributed by atoms with van der Waals surface area (Å²) in [6.07, 6.45) is 1.20. The molecule has 0 bridgehead atoms. The lowest BCUT2D eigenvalue weighted by atomic mass is 10.5. The average Bonchev–Trinajstić information content (AvgIpc) is 2.36. The van der Waals surface area contributed by atoms with E-state index in [2.05, 4.69) is 10.2 Å². The quantitative estimate of drug-likeness (QED) is 0.392. The third-order valence-corrected chi connectivity index (χ3v) is 2.53. The molecule has 0 saturated heterocycles. The molecular formula is C4H8N4O2S. The molecule has 1 heterocycles. The molecule has 6 nitrogen and oxygen atoms in total. The normalized spacial score (nSPS) is 11.8. The van der Waals surface area contributed by atoms with Crippen molar-refractivity contribution in [2.24, 2.45) is 5.84 Å². The van der Waals surface area contributed by atoms with Crippen LogP contribution in [-0.2, 0) is 10.0 Å². The van der Waals surface area contributed by atoms with Gasteiger partial charge in [0.2, 0.25) is 0 Å². The molecule has 0 spiro atoms. The fraction of sp³-hybridized carbons (Fsp3) is 0.250. The number of nitrogens with one attached hydrogen (secondary N) is 2. The predicted octanol–water partition coefficient (Wildman–Crippen LogP) is -1.13. The summed E-state index contributed by atoms with van der Waals surface area (Å²) in [4.78, 5) is 1.77. The van der Waals surface area contributed by atoms with E-state index in [0.29, 0.717) is 5.69 Å². The van der Waals surface area contributed by atoms with Gasteiger partial charge in [0.25, 0.3) is 10.0 Å². The predicted molar refractivity (Wildman–Crippen MR) is 37.8 cm³/mol. The van der Waals surface area contributed by atoms with Crippen molar-refractivity contribution >= 4 is 10.0 Å². The number of hydrogen-bond acceptors (Lipinski definition) is 4. The number of aryl methyl sites for hydroxylation is 1. The van der Waals surface area contributed by atoms with Crippen molar-refractivity contribution in [1.82, 2.24) is 15.0 Å². The second kappa shape index (κ2) is 2.61. The van der Waals surface area contributed by atoms with Crippen LogP contribution >= 0.6 is 0 Å². The van der Waals surface area contributed by atoms with Gasteiger partial charge in [-0.3, -0.25) is 10.9 Å². The average molecular weight is 176 g/mol. The molecule has 0 radical (unpaired) electrons. The lowest BCUT2D eigenvalue weighted by molar-refractivity contribution is 0.583. The van der Waals surface area contributed by atoms with Crippen molar-refractivity contribution in [3.63, 3.8) is 0 Å². The van der Waals surface area contributed by atoms with Crippen LogP contribution in [0, 0.1) is 6.92 Å². The zero-order valence-electron chi connectivity index (χ0n) is 5.83. The second-order valence-electron chi connectivity index (χ2n) is 1.98. The largest absolute Gasteiger partial charge is 0.281 e. The van der Waals surface area contributed by atoms with Gasteiger partial charge >= 0.3 is 0 Å². The Bertz CT molecular complexity index is 341. The zero-order chi connectivity index (χ0) is 8.48. The molecule has 0 amide bonds. The maximum absolute atomic E-state index is 11.0. The van der Waals surface area contributed by atoms with E-state index in [9.17, 15) is 8.42 Å². The fourth-order valence-electron chi connectivity index (χ4n) is 0.674. The number of sulfonamides is 1. The van der Waals surface area contributed by atoms with E-state index in [-0.39, 0.29) is 4.90 Å². The Morgan fingerprint density at radius 1 is 1.73 bits per heavy atom. The van der Waals surface area contributed by atoms with Crippen molar-refractivity contribution in [1.29, 1.82) is 0 Å². The number of aromatic amines is 1. The van der Waals surface area contributed by atoms with Gasteiger partial charge in [0.1, 0.15) is 4.90 Å². The summed E-state index contributed by atoms with van der Waals surface area (Å²) in [5.41, 5.74) is 0.461. The highest BCUT2D eigenvalue weighted by Gasteiger charge is 2.15. The number of hydrazine groups is 1. The van der Waals surface area contributed by atoms with Gasteiger partial charge in [0.05, 0.1) is 11.9 Å². The highest BCUT2D eigenvalue weighted by Crippen LogP contribution is 2.08. The summed E-state index contributed by atoms with van der Waals surface area (Å²) in [7, 11) is -3.55. The van der Waals surface area contributed by atoms with Crippen molar-refractivity contribution in [2.45, 2.75) is 11.8 Å². The van der Waals surface area contributed by atoms with Crippen LogP contribution in [0.4, 0.5) is 0 Å². The van der Waals surface area contributed by atoms with Gasteiger partial charge in [0, 0.05) is 0 Å². The Labute approximate surface area is 63.8 Å². The molecule has 0 aliphatic rings. The van der Waals surface area contributed by atoms with E-state index in [1.165, 1.54) is 6.20 Å². The molecule has 0 aliphatic carbocycles. The number of nitrogens with two attached hydrogens (primary N) is 1. The van der Waals surface area contributed by atoms with E-state index in [1.807, 2.05) is 0 Å². The lowest BCUT2D eigenvalue weighted by Gasteiger charge is -1.97. The number of hydrogen-bond donors (Lipinski definition) is 3. The molecule has 1 aromatic rings. The molecule has 1 rings (SSSR count). The number of aromatic nitrogens is 2. The second-order valence-corrected chi connectivity index (χ2v) is 3.66. The molecule has 0 saturated carbocycles. The molecule has 4 N–H and O–H groups in total. The van der Waals surface area contributed by atoms with Gasteiger partial charge in [-0.05, 0) is 6.92 Å². The first-order chi connectivity index (χ1) is 5.08. The minimum Gasteiger partial charge on any atom is -0.281 e. The SMILES string of the molecule is Cc1[nH]ncc1S(=O)(=O)NN. The summed E-state index contributed by atoms with van der Waals surface area (Å²) in [5.74, 6) is 4.79. The molecule has 0 unspecified atom stereocenters. The van der Waals surface area contributed by atoms with Crippen LogP contribution in [0.25, 0.3) is 0 Å². The maximum atomic E-state index is 11.0. The van der Waals surface area contributed by atoms with Crippen LogP contribution in [-0.4, -0.2) is 18.6 Å². The topological polar surface area (TPSA) is 101 Å². The van der Waals surface area contributed by atoms with Crippen LogP contribution in [0.5, 0.6) is 0 Å². The molecule has 0 aromatic carbocycles. The van der Waals surface area contributed by atoms with E-state index in [1.54, 1.807) is 11.8 Å². The van der Waals surface area contributed by atoms with Crippen LogP contribution in [0.2, 0.25) is 0 Å². The first-order valence-corrected chi connectivity index (χ1v) is 4.28. The lowest BCUT2D eigenvalue weighted by Crippen LogP contribution is -2.30. The Morgan fingerprint density at radius 3 is 2.73 bits per heavy atom. The van der Waals surface area contributed by atoms with Gasteiger partial charge in [-0.1, -0.05) is 0 Å². The third-order valence-electron chi connectivity index (χ3n) is 1.23. The molecule has 0 atom stereocenters. The highest BCUT2D eigenvalue weighted by atomic mass is 32.2. The summed E-state index contributed by atoms with van der Waals surface area (Å²) < 4.78 is 22.0. The number of rotatable bonds is 2. The third kappa shape index (κ3) is 1.39. The Morgan fingerprint density at radius 2 is 2.36 bits per heavy atom. The molecule has 0 aliphatic heterocycles. The summed E-state index contributed by atoms with van der Waals surface area (Å²) in [6, 6.07) is 0. The molecular weight excluding hydrogens is 168 g/mol. The number of H-pyrrole nitrogens is 1. The molecule has 1 aromatic heterocycles. The van der Waals surface area contributed by atoms with Gasteiger partial charge in [-0.15, -0.1) is 4.83 Å². The van der Waals surface area contributed by atoms with Gasteiger partial charge in [0.15, 0.2) is 0 Å². The minimum absolute atomic E-state index is 0.0694. The monoisotopic (exact) mass is 176 g/mol.